The number of carbonyl (C=O) groups excluding carboxylic acids is 1. The van der Waals surface area contributed by atoms with Gasteiger partial charge < -0.3 is 10.2 Å². The fourth-order valence-electron chi connectivity index (χ4n) is 4.55. The molecule has 3 heteroatoms. The Labute approximate surface area is 204 Å². The molecule has 0 unspecified atom stereocenters. The van der Waals surface area contributed by atoms with Crippen molar-refractivity contribution < 1.29 is 15.0 Å². The SMILES string of the molecule is Cc1ccc(C=O)c(-c2cc(-c3ccccc3)ccc2O)c1-c1cc(-c2ccccc2)ccc1O. The number of rotatable bonds is 5. The van der Waals surface area contributed by atoms with E-state index in [0.29, 0.717) is 27.8 Å². The summed E-state index contributed by atoms with van der Waals surface area (Å²) >= 11 is 0. The van der Waals surface area contributed by atoms with Crippen LogP contribution in [0.5, 0.6) is 11.5 Å². The molecule has 35 heavy (non-hydrogen) atoms. The summed E-state index contributed by atoms with van der Waals surface area (Å²) < 4.78 is 0. The highest BCUT2D eigenvalue weighted by atomic mass is 16.3. The maximum atomic E-state index is 12.2. The van der Waals surface area contributed by atoms with Crippen LogP contribution >= 0.6 is 0 Å². The number of phenolic OH excluding ortho intramolecular Hbond substituents is 2. The maximum Gasteiger partial charge on any atom is 0.150 e. The van der Waals surface area contributed by atoms with Crippen molar-refractivity contribution in [3.05, 3.63) is 120 Å². The zero-order valence-corrected chi connectivity index (χ0v) is 19.3. The Morgan fingerprint density at radius 2 is 1.03 bits per heavy atom. The first-order valence-corrected chi connectivity index (χ1v) is 11.4. The molecular weight excluding hydrogens is 432 g/mol. The van der Waals surface area contributed by atoms with Crippen LogP contribution in [-0.2, 0) is 0 Å². The molecule has 0 aromatic heterocycles. The molecule has 0 saturated heterocycles. The van der Waals surface area contributed by atoms with Crippen LogP contribution in [0, 0.1) is 6.92 Å². The second-order valence-electron chi connectivity index (χ2n) is 8.54. The van der Waals surface area contributed by atoms with Crippen molar-refractivity contribution in [2.24, 2.45) is 0 Å². The second-order valence-corrected chi connectivity index (χ2v) is 8.54. The van der Waals surface area contributed by atoms with Crippen molar-refractivity contribution in [3.63, 3.8) is 0 Å². The minimum atomic E-state index is 0.0679. The van der Waals surface area contributed by atoms with Gasteiger partial charge in [0.25, 0.3) is 0 Å². The summed E-state index contributed by atoms with van der Waals surface area (Å²) in [5, 5.41) is 21.9. The van der Waals surface area contributed by atoms with Gasteiger partial charge in [-0.3, -0.25) is 4.79 Å². The van der Waals surface area contributed by atoms with Crippen LogP contribution in [0.25, 0.3) is 44.5 Å². The van der Waals surface area contributed by atoms with E-state index >= 15 is 0 Å². The van der Waals surface area contributed by atoms with Crippen LogP contribution in [0.15, 0.2) is 109 Å². The summed E-state index contributed by atoms with van der Waals surface area (Å²) in [5.74, 6) is 0.175. The van der Waals surface area contributed by atoms with Gasteiger partial charge in [0, 0.05) is 22.3 Å². The zero-order chi connectivity index (χ0) is 24.4. The Morgan fingerprint density at radius 1 is 0.543 bits per heavy atom. The first kappa shape index (κ1) is 22.2. The number of aldehydes is 1. The quantitative estimate of drug-likeness (QED) is 0.264. The Hall–Kier alpha value is -4.63. The molecule has 5 aromatic rings. The van der Waals surface area contributed by atoms with Gasteiger partial charge >= 0.3 is 0 Å². The number of aryl methyl sites for hydroxylation is 1. The first-order valence-electron chi connectivity index (χ1n) is 11.4. The molecule has 5 aromatic carbocycles. The number of phenols is 2. The molecule has 2 N–H and O–H groups in total. The molecule has 0 amide bonds. The Kier molecular flexibility index (Phi) is 5.90. The molecule has 0 saturated carbocycles. The van der Waals surface area contributed by atoms with Gasteiger partial charge in [-0.1, -0.05) is 84.9 Å². The van der Waals surface area contributed by atoms with Crippen molar-refractivity contribution in [2.75, 3.05) is 0 Å². The predicted octanol–water partition coefficient (Wildman–Crippen LogP) is 7.89. The third-order valence-corrected chi connectivity index (χ3v) is 6.32. The highest BCUT2D eigenvalue weighted by molar-refractivity contribution is 6.00. The third kappa shape index (κ3) is 4.20. The normalized spacial score (nSPS) is 10.8. The monoisotopic (exact) mass is 456 g/mol. The predicted molar refractivity (Wildman–Crippen MR) is 142 cm³/mol. The van der Waals surface area contributed by atoms with Gasteiger partial charge in [0.2, 0.25) is 0 Å². The van der Waals surface area contributed by atoms with Crippen molar-refractivity contribution >= 4 is 6.29 Å². The number of aromatic hydroxyl groups is 2. The van der Waals surface area contributed by atoms with Gasteiger partial charge in [-0.2, -0.15) is 0 Å². The van der Waals surface area contributed by atoms with Gasteiger partial charge in [-0.25, -0.2) is 0 Å². The number of carbonyl (C=O) groups is 1. The van der Waals surface area contributed by atoms with E-state index in [9.17, 15) is 15.0 Å². The third-order valence-electron chi connectivity index (χ3n) is 6.32. The van der Waals surface area contributed by atoms with Crippen molar-refractivity contribution in [2.45, 2.75) is 6.92 Å². The van der Waals surface area contributed by atoms with Crippen molar-refractivity contribution in [1.29, 1.82) is 0 Å². The lowest BCUT2D eigenvalue weighted by Crippen LogP contribution is -1.97. The minimum Gasteiger partial charge on any atom is -0.507 e. The fraction of sp³-hybridized carbons (Fsp3) is 0.0312. The molecule has 0 heterocycles. The van der Waals surface area contributed by atoms with Gasteiger partial charge in [0.1, 0.15) is 11.5 Å². The van der Waals surface area contributed by atoms with E-state index in [1.807, 2.05) is 97.9 Å². The molecule has 170 valence electrons. The summed E-state index contributed by atoms with van der Waals surface area (Å²) in [6.07, 6.45) is 0.797. The first-order chi connectivity index (χ1) is 17.1. The van der Waals surface area contributed by atoms with E-state index in [4.69, 9.17) is 0 Å². The summed E-state index contributed by atoms with van der Waals surface area (Å²) in [4.78, 5) is 12.2. The lowest BCUT2D eigenvalue weighted by Gasteiger charge is -2.19. The molecule has 0 fully saturated rings. The van der Waals surface area contributed by atoms with E-state index in [0.717, 1.165) is 34.1 Å². The largest absolute Gasteiger partial charge is 0.507 e. The molecule has 0 bridgehead atoms. The van der Waals surface area contributed by atoms with Crippen molar-refractivity contribution in [3.8, 4) is 56.0 Å². The molecule has 0 aliphatic carbocycles. The average Bonchev–Trinajstić information content (AvgIpc) is 2.90. The topological polar surface area (TPSA) is 57.5 Å². The fourth-order valence-corrected chi connectivity index (χ4v) is 4.55. The number of hydrogen-bond acceptors (Lipinski definition) is 3. The lowest BCUT2D eigenvalue weighted by atomic mass is 9.85. The molecule has 0 aliphatic rings. The van der Waals surface area contributed by atoms with E-state index in [1.165, 1.54) is 0 Å². The molecule has 0 aliphatic heterocycles. The highest BCUT2D eigenvalue weighted by Crippen LogP contribution is 2.45. The Bertz CT molecular complexity index is 1520. The van der Waals surface area contributed by atoms with Gasteiger partial charge in [-0.05, 0) is 64.6 Å². The zero-order valence-electron chi connectivity index (χ0n) is 19.3. The van der Waals surface area contributed by atoms with Crippen LogP contribution in [0.4, 0.5) is 0 Å². The van der Waals surface area contributed by atoms with Crippen LogP contribution < -0.4 is 0 Å². The summed E-state index contributed by atoms with van der Waals surface area (Å²) in [7, 11) is 0. The number of benzene rings is 5. The molecule has 3 nitrogen and oxygen atoms in total. The lowest BCUT2D eigenvalue weighted by molar-refractivity contribution is 0.112. The van der Waals surface area contributed by atoms with Crippen LogP contribution in [0.3, 0.4) is 0 Å². The van der Waals surface area contributed by atoms with Gasteiger partial charge in [0.15, 0.2) is 6.29 Å². The van der Waals surface area contributed by atoms with Crippen LogP contribution in [0.1, 0.15) is 15.9 Å². The highest BCUT2D eigenvalue weighted by Gasteiger charge is 2.21. The minimum absolute atomic E-state index is 0.0679. The standard InChI is InChI=1S/C32H24O3/c1-21-12-13-26(20-33)32(28-19-25(15-17-30(28)35)23-10-6-3-7-11-23)31(21)27-18-24(14-16-29(27)34)22-8-4-2-5-9-22/h2-20,34-35H,1H3. The van der Waals surface area contributed by atoms with Crippen LogP contribution in [0.2, 0.25) is 0 Å². The summed E-state index contributed by atoms with van der Waals surface area (Å²) in [5.41, 5.74) is 7.67. The Balaban J connectivity index is 1.79. The molecule has 0 radical (unpaired) electrons. The maximum absolute atomic E-state index is 12.2. The molecule has 0 atom stereocenters. The molecule has 0 spiro atoms. The van der Waals surface area contributed by atoms with Gasteiger partial charge in [-0.15, -0.1) is 0 Å². The van der Waals surface area contributed by atoms with E-state index in [1.54, 1.807) is 18.2 Å². The molecule has 5 rings (SSSR count). The Morgan fingerprint density at radius 3 is 1.51 bits per heavy atom. The van der Waals surface area contributed by atoms with Crippen molar-refractivity contribution in [1.82, 2.24) is 0 Å². The smallest absolute Gasteiger partial charge is 0.150 e. The summed E-state index contributed by atoms with van der Waals surface area (Å²) in [6.45, 7) is 1.94. The summed E-state index contributed by atoms with van der Waals surface area (Å²) in [6, 6.07) is 34.3. The second kappa shape index (κ2) is 9.32. The average molecular weight is 457 g/mol. The van der Waals surface area contributed by atoms with Crippen LogP contribution in [-0.4, -0.2) is 16.5 Å². The van der Waals surface area contributed by atoms with Gasteiger partial charge in [0.05, 0.1) is 0 Å². The molecular formula is C32H24O3. The number of hydrogen-bond donors (Lipinski definition) is 2. The van der Waals surface area contributed by atoms with E-state index < -0.39 is 0 Å². The van der Waals surface area contributed by atoms with E-state index in [-0.39, 0.29) is 11.5 Å². The van der Waals surface area contributed by atoms with E-state index in [2.05, 4.69) is 0 Å².